The summed E-state index contributed by atoms with van der Waals surface area (Å²) in [6, 6.07) is 0. The first-order chi connectivity index (χ1) is 7.94. The minimum atomic E-state index is -0.698. The van der Waals surface area contributed by atoms with Crippen LogP contribution in [0.15, 0.2) is 23.8 Å². The summed E-state index contributed by atoms with van der Waals surface area (Å²) in [4.78, 5) is 0. The van der Waals surface area contributed by atoms with E-state index in [1.165, 1.54) is 0 Å². The summed E-state index contributed by atoms with van der Waals surface area (Å²) in [6.07, 6.45) is 9.15. The zero-order valence-electron chi connectivity index (χ0n) is 11.1. The van der Waals surface area contributed by atoms with E-state index >= 15 is 0 Å². The van der Waals surface area contributed by atoms with Crippen molar-refractivity contribution in [1.82, 2.24) is 0 Å². The summed E-state index contributed by atoms with van der Waals surface area (Å²) in [5.74, 6) is 0.628. The Hall–Kier alpha value is -0.600. The molecule has 0 aromatic heterocycles. The van der Waals surface area contributed by atoms with Crippen molar-refractivity contribution in [3.63, 3.8) is 0 Å². The van der Waals surface area contributed by atoms with Crippen LogP contribution in [-0.4, -0.2) is 22.4 Å². The Morgan fingerprint density at radius 2 is 2.18 bits per heavy atom. The topological polar surface area (TPSA) is 40.5 Å². The third kappa shape index (κ3) is 1.78. The molecule has 0 heterocycles. The van der Waals surface area contributed by atoms with Crippen molar-refractivity contribution < 1.29 is 10.2 Å². The normalized spacial score (nSPS) is 41.3. The summed E-state index contributed by atoms with van der Waals surface area (Å²) in [5.41, 5.74) is 0.338. The van der Waals surface area contributed by atoms with Gasteiger partial charge in [0.2, 0.25) is 0 Å². The van der Waals surface area contributed by atoms with Crippen molar-refractivity contribution in [1.29, 1.82) is 0 Å². The van der Waals surface area contributed by atoms with E-state index < -0.39 is 5.60 Å². The fourth-order valence-electron chi connectivity index (χ4n) is 3.50. The fraction of sp³-hybridized carbons (Fsp3) is 0.733. The van der Waals surface area contributed by atoms with E-state index in [0.29, 0.717) is 5.92 Å². The van der Waals surface area contributed by atoms with Crippen LogP contribution in [0.3, 0.4) is 0 Å². The molecule has 2 heteroatoms. The molecule has 2 rings (SSSR count). The Morgan fingerprint density at radius 3 is 2.76 bits per heavy atom. The van der Waals surface area contributed by atoms with Crippen LogP contribution in [-0.2, 0) is 0 Å². The van der Waals surface area contributed by atoms with Crippen LogP contribution in [0.5, 0.6) is 0 Å². The molecule has 0 saturated carbocycles. The molecule has 0 saturated heterocycles. The Bertz CT molecular complexity index is 356. The van der Waals surface area contributed by atoms with Gasteiger partial charge in [0.15, 0.2) is 0 Å². The Balaban J connectivity index is 2.30. The minimum Gasteiger partial charge on any atom is -0.392 e. The third-order valence-electron chi connectivity index (χ3n) is 5.03. The average Bonchev–Trinajstić information content (AvgIpc) is 2.46. The maximum Gasteiger partial charge on any atom is 0.0909 e. The van der Waals surface area contributed by atoms with E-state index in [1.54, 1.807) is 0 Å². The first-order valence-corrected chi connectivity index (χ1v) is 6.64. The number of hydrogen-bond acceptors (Lipinski definition) is 2. The van der Waals surface area contributed by atoms with Gasteiger partial charge in [0.1, 0.15) is 0 Å². The van der Waals surface area contributed by atoms with Gasteiger partial charge < -0.3 is 10.2 Å². The summed E-state index contributed by atoms with van der Waals surface area (Å²) in [7, 11) is 0. The summed E-state index contributed by atoms with van der Waals surface area (Å²) in [5, 5.41) is 20.2. The predicted octanol–water partition coefficient (Wildman–Crippen LogP) is 2.67. The fourth-order valence-corrected chi connectivity index (χ4v) is 3.50. The van der Waals surface area contributed by atoms with Crippen LogP contribution in [0, 0.1) is 17.3 Å². The minimum absolute atomic E-state index is 0.0887. The Labute approximate surface area is 104 Å². The van der Waals surface area contributed by atoms with Crippen LogP contribution < -0.4 is 0 Å². The molecule has 2 nitrogen and oxygen atoms in total. The lowest BCUT2D eigenvalue weighted by Crippen LogP contribution is -2.49. The molecule has 0 radical (unpaired) electrons. The van der Waals surface area contributed by atoms with Crippen molar-refractivity contribution in [2.75, 3.05) is 6.61 Å². The molecule has 0 unspecified atom stereocenters. The molecule has 0 aliphatic heterocycles. The predicted molar refractivity (Wildman–Crippen MR) is 69.5 cm³/mol. The van der Waals surface area contributed by atoms with Crippen LogP contribution in [0.2, 0.25) is 0 Å². The van der Waals surface area contributed by atoms with Crippen molar-refractivity contribution in [3.8, 4) is 0 Å². The summed E-state index contributed by atoms with van der Waals surface area (Å²) >= 11 is 0. The van der Waals surface area contributed by atoms with Gasteiger partial charge in [-0.05, 0) is 36.7 Å². The average molecular weight is 236 g/mol. The Kier molecular flexibility index (Phi) is 3.21. The van der Waals surface area contributed by atoms with Gasteiger partial charge in [-0.1, -0.05) is 39.0 Å². The van der Waals surface area contributed by atoms with Crippen molar-refractivity contribution >= 4 is 0 Å². The molecule has 2 aliphatic carbocycles. The second kappa shape index (κ2) is 4.25. The standard InChI is InChI=1S/C15H24O2/c1-11(2)15(17)9-7-13-5-4-12(10-16)6-8-14(13,15)3/h4,7,9,11,13,16-17H,5-6,8,10H2,1-3H3/t13-,14-,15-/m1/s1. The van der Waals surface area contributed by atoms with Crippen molar-refractivity contribution in [2.45, 2.75) is 45.6 Å². The highest BCUT2D eigenvalue weighted by Gasteiger charge is 2.54. The molecule has 0 spiro atoms. The quantitative estimate of drug-likeness (QED) is 0.724. The lowest BCUT2D eigenvalue weighted by molar-refractivity contribution is -0.0814. The van der Waals surface area contributed by atoms with Gasteiger partial charge in [0.25, 0.3) is 0 Å². The van der Waals surface area contributed by atoms with Crippen LogP contribution in [0.25, 0.3) is 0 Å². The van der Waals surface area contributed by atoms with E-state index in [0.717, 1.165) is 24.8 Å². The summed E-state index contributed by atoms with van der Waals surface area (Å²) < 4.78 is 0. The first kappa shape index (κ1) is 12.8. The number of allylic oxidation sites excluding steroid dienone is 2. The zero-order chi connectivity index (χ0) is 12.7. The lowest BCUT2D eigenvalue weighted by Gasteiger charge is -2.45. The highest BCUT2D eigenvalue weighted by molar-refractivity contribution is 5.26. The molecule has 0 aromatic carbocycles. The summed E-state index contributed by atoms with van der Waals surface area (Å²) in [6.45, 7) is 6.53. The maximum atomic E-state index is 10.9. The van der Waals surface area contributed by atoms with E-state index in [4.69, 9.17) is 0 Å². The van der Waals surface area contributed by atoms with Gasteiger partial charge in [0.05, 0.1) is 12.2 Å². The van der Waals surface area contributed by atoms with Gasteiger partial charge in [-0.3, -0.25) is 0 Å². The number of aliphatic hydroxyl groups excluding tert-OH is 1. The second-order valence-electron chi connectivity index (χ2n) is 6.12. The lowest BCUT2D eigenvalue weighted by atomic mass is 9.63. The maximum absolute atomic E-state index is 10.9. The van der Waals surface area contributed by atoms with E-state index in [-0.39, 0.29) is 17.9 Å². The molecular formula is C15H24O2. The highest BCUT2D eigenvalue weighted by Crippen LogP contribution is 2.55. The number of aliphatic hydroxyl groups is 2. The molecule has 0 bridgehead atoms. The molecule has 17 heavy (non-hydrogen) atoms. The largest absolute Gasteiger partial charge is 0.392 e. The molecule has 96 valence electrons. The number of fused-ring (bicyclic) bond motifs is 1. The smallest absolute Gasteiger partial charge is 0.0909 e. The van der Waals surface area contributed by atoms with Crippen LogP contribution >= 0.6 is 0 Å². The van der Waals surface area contributed by atoms with Gasteiger partial charge >= 0.3 is 0 Å². The number of rotatable bonds is 2. The third-order valence-corrected chi connectivity index (χ3v) is 5.03. The van der Waals surface area contributed by atoms with E-state index in [1.807, 2.05) is 6.08 Å². The van der Waals surface area contributed by atoms with Gasteiger partial charge in [-0.2, -0.15) is 0 Å². The monoisotopic (exact) mass is 236 g/mol. The number of hydrogen-bond donors (Lipinski definition) is 2. The Morgan fingerprint density at radius 1 is 1.47 bits per heavy atom. The molecule has 0 amide bonds. The van der Waals surface area contributed by atoms with Crippen LogP contribution in [0.4, 0.5) is 0 Å². The van der Waals surface area contributed by atoms with E-state index in [9.17, 15) is 10.2 Å². The molecular weight excluding hydrogens is 212 g/mol. The highest BCUT2D eigenvalue weighted by atomic mass is 16.3. The molecule has 2 aliphatic rings. The molecule has 2 N–H and O–H groups in total. The second-order valence-corrected chi connectivity index (χ2v) is 6.12. The molecule has 0 fully saturated rings. The van der Waals surface area contributed by atoms with Crippen molar-refractivity contribution in [3.05, 3.63) is 23.8 Å². The molecule has 3 atom stereocenters. The van der Waals surface area contributed by atoms with Crippen molar-refractivity contribution in [2.24, 2.45) is 17.3 Å². The first-order valence-electron chi connectivity index (χ1n) is 6.64. The van der Waals surface area contributed by atoms with Gasteiger partial charge in [-0.25, -0.2) is 0 Å². The molecule has 0 aromatic rings. The van der Waals surface area contributed by atoms with E-state index in [2.05, 4.69) is 32.9 Å². The zero-order valence-corrected chi connectivity index (χ0v) is 11.1. The van der Waals surface area contributed by atoms with Gasteiger partial charge in [-0.15, -0.1) is 0 Å². The SMILES string of the molecule is CC(C)[C@]1(O)C=C[C@H]2CC=C(CO)CC[C@]21C. The van der Waals surface area contributed by atoms with Gasteiger partial charge in [0, 0.05) is 5.41 Å². The van der Waals surface area contributed by atoms with Crippen LogP contribution in [0.1, 0.15) is 40.0 Å².